The monoisotopic (exact) mass is 188 g/mol. The van der Waals surface area contributed by atoms with E-state index >= 15 is 0 Å². The van der Waals surface area contributed by atoms with Gasteiger partial charge >= 0.3 is 0 Å². The van der Waals surface area contributed by atoms with Gasteiger partial charge in [0, 0.05) is 33.2 Å². The largest absolute Gasteiger partial charge is 0.380 e. The quantitative estimate of drug-likeness (QED) is 0.583. The van der Waals surface area contributed by atoms with Crippen LogP contribution >= 0.6 is 0 Å². The van der Waals surface area contributed by atoms with E-state index in [0.717, 1.165) is 6.54 Å². The maximum atomic E-state index is 10.5. The second kappa shape index (κ2) is 6.86. The van der Waals surface area contributed by atoms with E-state index in [4.69, 9.17) is 4.74 Å². The molecule has 0 bridgehead atoms. The molecule has 0 radical (unpaired) electrons. The van der Waals surface area contributed by atoms with Gasteiger partial charge in [0.2, 0.25) is 5.91 Å². The van der Waals surface area contributed by atoms with Gasteiger partial charge in [-0.15, -0.1) is 0 Å². The van der Waals surface area contributed by atoms with Gasteiger partial charge in [-0.1, -0.05) is 0 Å². The molecule has 0 saturated heterocycles. The zero-order valence-electron chi connectivity index (χ0n) is 8.89. The van der Waals surface area contributed by atoms with E-state index in [1.165, 1.54) is 6.92 Å². The van der Waals surface area contributed by atoms with Gasteiger partial charge in [0.25, 0.3) is 0 Å². The Kier molecular flexibility index (Phi) is 6.54. The first-order valence-electron chi connectivity index (χ1n) is 4.58. The average Bonchev–Trinajstić information content (AvgIpc) is 2.10. The molecule has 0 fully saturated rings. The van der Waals surface area contributed by atoms with E-state index < -0.39 is 0 Å². The zero-order chi connectivity index (χ0) is 10.3. The van der Waals surface area contributed by atoms with Crippen molar-refractivity contribution in [1.29, 1.82) is 0 Å². The van der Waals surface area contributed by atoms with Crippen LogP contribution in [0.3, 0.4) is 0 Å². The molecule has 0 rings (SSSR count). The molecule has 4 nitrogen and oxygen atoms in total. The summed E-state index contributed by atoms with van der Waals surface area (Å²) in [7, 11) is 1.69. The molecular formula is C9H20N2O2. The molecule has 2 unspecified atom stereocenters. The van der Waals surface area contributed by atoms with Gasteiger partial charge in [-0.3, -0.25) is 4.79 Å². The molecule has 0 spiro atoms. The summed E-state index contributed by atoms with van der Waals surface area (Å²) in [6.07, 6.45) is 0.192. The third kappa shape index (κ3) is 6.54. The number of hydrogen-bond donors (Lipinski definition) is 2. The second-order valence-corrected chi connectivity index (χ2v) is 3.17. The molecule has 1 amide bonds. The van der Waals surface area contributed by atoms with Crippen LogP contribution in [0.15, 0.2) is 0 Å². The highest BCUT2D eigenvalue weighted by Crippen LogP contribution is 1.94. The number of hydrogen-bond acceptors (Lipinski definition) is 3. The Balaban J connectivity index is 3.36. The minimum atomic E-state index is 0.00856. The molecule has 0 aromatic heterocycles. The Labute approximate surface area is 80.0 Å². The Hall–Kier alpha value is -0.610. The molecule has 0 aromatic carbocycles. The second-order valence-electron chi connectivity index (χ2n) is 3.17. The lowest BCUT2D eigenvalue weighted by atomic mass is 10.2. The smallest absolute Gasteiger partial charge is 0.216 e. The van der Waals surface area contributed by atoms with Gasteiger partial charge in [-0.2, -0.15) is 0 Å². The van der Waals surface area contributed by atoms with Crippen LogP contribution in [0.2, 0.25) is 0 Å². The van der Waals surface area contributed by atoms with Gasteiger partial charge < -0.3 is 15.4 Å². The number of carbonyl (C=O) groups is 1. The van der Waals surface area contributed by atoms with Crippen molar-refractivity contribution in [2.45, 2.75) is 32.9 Å². The number of nitrogens with one attached hydrogen (secondary N) is 2. The fourth-order valence-electron chi connectivity index (χ4n) is 0.908. The summed E-state index contributed by atoms with van der Waals surface area (Å²) in [6, 6.07) is 0.304. The fraction of sp³-hybridized carbons (Fsp3) is 0.889. The lowest BCUT2D eigenvalue weighted by Crippen LogP contribution is -2.40. The van der Waals surface area contributed by atoms with Crippen molar-refractivity contribution in [3.8, 4) is 0 Å². The summed E-state index contributed by atoms with van der Waals surface area (Å²) < 4.78 is 5.14. The lowest BCUT2D eigenvalue weighted by Gasteiger charge is -2.19. The van der Waals surface area contributed by atoms with Gasteiger partial charge in [-0.05, 0) is 13.8 Å². The van der Waals surface area contributed by atoms with Crippen LogP contribution in [-0.4, -0.2) is 38.3 Å². The molecule has 4 heteroatoms. The molecule has 0 heterocycles. The Morgan fingerprint density at radius 3 is 2.46 bits per heavy atom. The van der Waals surface area contributed by atoms with Crippen LogP contribution in [0.1, 0.15) is 20.8 Å². The van der Waals surface area contributed by atoms with Gasteiger partial charge in [-0.25, -0.2) is 0 Å². The van der Waals surface area contributed by atoms with Crippen LogP contribution < -0.4 is 10.6 Å². The standard InChI is InChI=1S/C9H20N2O2/c1-7(8(2)13-4)10-5-6-11-9(3)12/h7-8,10H,5-6H2,1-4H3,(H,11,12). The van der Waals surface area contributed by atoms with Crippen LogP contribution in [-0.2, 0) is 9.53 Å². The van der Waals surface area contributed by atoms with E-state index in [2.05, 4.69) is 17.6 Å². The highest BCUT2D eigenvalue weighted by molar-refractivity contribution is 5.72. The van der Waals surface area contributed by atoms with E-state index in [1.54, 1.807) is 7.11 Å². The summed E-state index contributed by atoms with van der Waals surface area (Å²) in [4.78, 5) is 10.5. The number of rotatable bonds is 6. The molecule has 0 aromatic rings. The maximum absolute atomic E-state index is 10.5. The van der Waals surface area contributed by atoms with E-state index in [1.807, 2.05) is 6.92 Å². The molecule has 0 aliphatic carbocycles. The minimum Gasteiger partial charge on any atom is -0.380 e. The van der Waals surface area contributed by atoms with Gasteiger partial charge in [0.05, 0.1) is 6.10 Å². The molecule has 0 aliphatic heterocycles. The molecule has 2 atom stereocenters. The number of amides is 1. The van der Waals surface area contributed by atoms with Crippen molar-refractivity contribution >= 4 is 5.91 Å². The van der Waals surface area contributed by atoms with Crippen molar-refractivity contribution < 1.29 is 9.53 Å². The van der Waals surface area contributed by atoms with E-state index in [0.29, 0.717) is 12.6 Å². The average molecular weight is 188 g/mol. The Morgan fingerprint density at radius 1 is 1.38 bits per heavy atom. The van der Waals surface area contributed by atoms with Crippen molar-refractivity contribution in [3.05, 3.63) is 0 Å². The summed E-state index contributed by atoms with van der Waals surface area (Å²) in [6.45, 7) is 7.02. The predicted octanol–water partition coefficient (Wildman–Crippen LogP) is 0.136. The molecular weight excluding hydrogens is 168 g/mol. The maximum Gasteiger partial charge on any atom is 0.216 e. The highest BCUT2D eigenvalue weighted by atomic mass is 16.5. The minimum absolute atomic E-state index is 0.00856. The normalized spacial score (nSPS) is 15.1. The SMILES string of the molecule is COC(C)C(C)NCCNC(C)=O. The first-order chi connectivity index (χ1) is 6.07. The summed E-state index contributed by atoms with van der Waals surface area (Å²) in [5.41, 5.74) is 0. The van der Waals surface area contributed by atoms with Crippen molar-refractivity contribution in [1.82, 2.24) is 10.6 Å². The van der Waals surface area contributed by atoms with Crippen LogP contribution in [0.4, 0.5) is 0 Å². The molecule has 13 heavy (non-hydrogen) atoms. The van der Waals surface area contributed by atoms with Crippen LogP contribution in [0.25, 0.3) is 0 Å². The van der Waals surface area contributed by atoms with Crippen molar-refractivity contribution in [2.24, 2.45) is 0 Å². The molecule has 78 valence electrons. The first kappa shape index (κ1) is 12.4. The predicted molar refractivity (Wildman–Crippen MR) is 52.6 cm³/mol. The van der Waals surface area contributed by atoms with E-state index in [-0.39, 0.29) is 12.0 Å². The summed E-state index contributed by atoms with van der Waals surface area (Å²) in [5, 5.41) is 5.96. The summed E-state index contributed by atoms with van der Waals surface area (Å²) in [5.74, 6) is 0.00856. The summed E-state index contributed by atoms with van der Waals surface area (Å²) >= 11 is 0. The van der Waals surface area contributed by atoms with Crippen LogP contribution in [0, 0.1) is 0 Å². The highest BCUT2D eigenvalue weighted by Gasteiger charge is 2.08. The van der Waals surface area contributed by atoms with Gasteiger partial charge in [0.1, 0.15) is 0 Å². The topological polar surface area (TPSA) is 50.4 Å². The first-order valence-corrected chi connectivity index (χ1v) is 4.58. The molecule has 0 aliphatic rings. The number of methoxy groups -OCH3 is 1. The third-order valence-electron chi connectivity index (χ3n) is 2.04. The molecule has 2 N–H and O–H groups in total. The number of carbonyl (C=O) groups excluding carboxylic acids is 1. The van der Waals surface area contributed by atoms with Crippen LogP contribution in [0.5, 0.6) is 0 Å². The molecule has 0 saturated carbocycles. The van der Waals surface area contributed by atoms with E-state index in [9.17, 15) is 4.79 Å². The Morgan fingerprint density at radius 2 is 2.00 bits per heavy atom. The third-order valence-corrected chi connectivity index (χ3v) is 2.04. The van der Waals surface area contributed by atoms with Gasteiger partial charge in [0.15, 0.2) is 0 Å². The number of ether oxygens (including phenoxy) is 1. The van der Waals surface area contributed by atoms with Crippen molar-refractivity contribution in [2.75, 3.05) is 20.2 Å². The van der Waals surface area contributed by atoms with Crippen molar-refractivity contribution in [3.63, 3.8) is 0 Å². The zero-order valence-corrected chi connectivity index (χ0v) is 8.89. The lowest BCUT2D eigenvalue weighted by molar-refractivity contribution is -0.118. The Bertz CT molecular complexity index is 151. The fourth-order valence-corrected chi connectivity index (χ4v) is 0.908.